The molecular formula is C22H27N3O4. The third kappa shape index (κ3) is 5.85. The van der Waals surface area contributed by atoms with Crippen LogP contribution >= 0.6 is 0 Å². The van der Waals surface area contributed by atoms with Crippen LogP contribution in [0.3, 0.4) is 0 Å². The van der Waals surface area contributed by atoms with Crippen LogP contribution in [0.25, 0.3) is 10.8 Å². The van der Waals surface area contributed by atoms with E-state index >= 15 is 0 Å². The number of nitrogens with one attached hydrogen (secondary N) is 1. The van der Waals surface area contributed by atoms with E-state index in [0.717, 1.165) is 10.8 Å². The van der Waals surface area contributed by atoms with E-state index in [1.54, 1.807) is 27.0 Å². The Kier molecular flexibility index (Phi) is 7.05. The number of esters is 1. The lowest BCUT2D eigenvalue weighted by Crippen LogP contribution is -2.36. The Labute approximate surface area is 171 Å². The van der Waals surface area contributed by atoms with Crippen LogP contribution in [0.2, 0.25) is 0 Å². The van der Waals surface area contributed by atoms with Gasteiger partial charge in [-0.3, -0.25) is 10.1 Å². The predicted octanol–water partition coefficient (Wildman–Crippen LogP) is 3.97. The first kappa shape index (κ1) is 22.0. The van der Waals surface area contributed by atoms with Gasteiger partial charge in [0.1, 0.15) is 11.4 Å². The molecule has 1 heterocycles. The second kappa shape index (κ2) is 9.28. The van der Waals surface area contributed by atoms with Crippen molar-refractivity contribution >= 4 is 34.3 Å². The summed E-state index contributed by atoms with van der Waals surface area (Å²) in [4.78, 5) is 30.3. The summed E-state index contributed by atoms with van der Waals surface area (Å²) in [6, 6.07) is 7.30. The maximum atomic E-state index is 12.2. The van der Waals surface area contributed by atoms with Crippen molar-refractivity contribution in [3.63, 3.8) is 0 Å². The highest BCUT2D eigenvalue weighted by molar-refractivity contribution is 6.04. The number of carbonyl (C=O) groups excluding carboxylic acids is 2. The Bertz CT molecular complexity index is 928. The number of hydrogen-bond donors (Lipinski definition) is 1. The van der Waals surface area contributed by atoms with Crippen LogP contribution in [-0.2, 0) is 14.3 Å². The number of pyridine rings is 1. The van der Waals surface area contributed by atoms with E-state index in [1.165, 1.54) is 7.11 Å². The van der Waals surface area contributed by atoms with Crippen LogP contribution in [0.15, 0.2) is 30.5 Å². The molecule has 0 saturated carbocycles. The maximum absolute atomic E-state index is 12.2. The molecule has 154 valence electrons. The van der Waals surface area contributed by atoms with Crippen LogP contribution in [-0.4, -0.2) is 42.3 Å². The smallest absolute Gasteiger partial charge is 0.412 e. The topological polar surface area (TPSA) is 80.8 Å². The van der Waals surface area contributed by atoms with Gasteiger partial charge in [0.05, 0.1) is 32.0 Å². The van der Waals surface area contributed by atoms with Gasteiger partial charge in [0, 0.05) is 16.8 Å². The third-order valence-corrected chi connectivity index (χ3v) is 4.17. The minimum atomic E-state index is -0.611. The van der Waals surface area contributed by atoms with Crippen molar-refractivity contribution in [2.75, 3.05) is 23.9 Å². The van der Waals surface area contributed by atoms with Gasteiger partial charge in [-0.1, -0.05) is 30.2 Å². The van der Waals surface area contributed by atoms with Crippen molar-refractivity contribution in [1.29, 1.82) is 0 Å². The molecule has 1 aromatic carbocycles. The molecule has 1 N–H and O–H groups in total. The molecule has 1 amide bonds. The summed E-state index contributed by atoms with van der Waals surface area (Å²) in [5.74, 6) is 2.92. The van der Waals surface area contributed by atoms with Crippen LogP contribution < -0.4 is 10.2 Å². The van der Waals surface area contributed by atoms with E-state index in [-0.39, 0.29) is 25.0 Å². The van der Waals surface area contributed by atoms with Gasteiger partial charge in [0.25, 0.3) is 0 Å². The molecular weight excluding hydrogens is 370 g/mol. The van der Waals surface area contributed by atoms with Gasteiger partial charge in [0.2, 0.25) is 0 Å². The summed E-state index contributed by atoms with van der Waals surface area (Å²) in [7, 11) is 1.35. The molecule has 2 aromatic rings. The Hall–Kier alpha value is -3.27. The first-order chi connectivity index (χ1) is 13.7. The highest BCUT2D eigenvalue weighted by Crippen LogP contribution is 2.31. The van der Waals surface area contributed by atoms with E-state index in [4.69, 9.17) is 15.9 Å². The second-order valence-corrected chi connectivity index (χ2v) is 7.63. The molecule has 0 unspecified atom stereocenters. The number of nitrogens with zero attached hydrogens (tertiary/aromatic N) is 2. The van der Waals surface area contributed by atoms with Crippen LogP contribution in [0.1, 0.15) is 34.1 Å². The number of hydrogen-bond acceptors (Lipinski definition) is 6. The zero-order chi connectivity index (χ0) is 21.6. The Morgan fingerprint density at radius 1 is 1.28 bits per heavy atom. The molecule has 1 aromatic heterocycles. The van der Waals surface area contributed by atoms with Gasteiger partial charge in [-0.15, -0.1) is 6.42 Å². The molecule has 0 aliphatic carbocycles. The molecule has 0 aliphatic heterocycles. The standard InChI is InChI=1S/C22H27N3O4/c1-7-12-25(15(2)13-19(26)28-6)20-17-11-9-8-10-16(17)18(14-23-20)24-21(27)29-22(3,4)5/h1,8-11,14-15H,12-13H2,2-6H3,(H,24,27)/t15-/m0/s1. The molecule has 0 bridgehead atoms. The van der Waals surface area contributed by atoms with Crippen molar-refractivity contribution in [2.24, 2.45) is 0 Å². The predicted molar refractivity (Wildman–Crippen MR) is 114 cm³/mol. The summed E-state index contributed by atoms with van der Waals surface area (Å²) >= 11 is 0. The van der Waals surface area contributed by atoms with Gasteiger partial charge in [-0.2, -0.15) is 0 Å². The minimum Gasteiger partial charge on any atom is -0.469 e. The van der Waals surface area contributed by atoms with Crippen molar-refractivity contribution in [2.45, 2.75) is 45.8 Å². The van der Waals surface area contributed by atoms with E-state index in [1.807, 2.05) is 36.1 Å². The van der Waals surface area contributed by atoms with Gasteiger partial charge < -0.3 is 14.4 Å². The number of carbonyl (C=O) groups is 2. The quantitative estimate of drug-likeness (QED) is 0.587. The summed E-state index contributed by atoms with van der Waals surface area (Å²) in [5, 5.41) is 4.34. The lowest BCUT2D eigenvalue weighted by molar-refractivity contribution is -0.140. The summed E-state index contributed by atoms with van der Waals surface area (Å²) in [6.07, 6.45) is 6.74. The number of fused-ring (bicyclic) bond motifs is 1. The molecule has 1 atom stereocenters. The van der Waals surface area contributed by atoms with Crippen LogP contribution in [0.5, 0.6) is 0 Å². The monoisotopic (exact) mass is 397 g/mol. The number of rotatable bonds is 6. The minimum absolute atomic E-state index is 0.173. The van der Waals surface area contributed by atoms with E-state index < -0.39 is 11.7 Å². The molecule has 0 spiro atoms. The van der Waals surface area contributed by atoms with Crippen molar-refractivity contribution < 1.29 is 19.1 Å². The number of ether oxygens (including phenoxy) is 2. The number of aromatic nitrogens is 1. The van der Waals surface area contributed by atoms with Crippen molar-refractivity contribution in [3.8, 4) is 12.3 Å². The number of anilines is 2. The molecule has 0 fully saturated rings. The highest BCUT2D eigenvalue weighted by atomic mass is 16.6. The summed E-state index contributed by atoms with van der Waals surface area (Å²) < 4.78 is 10.1. The number of amides is 1. The van der Waals surface area contributed by atoms with E-state index in [0.29, 0.717) is 11.5 Å². The Balaban J connectivity index is 2.44. The SMILES string of the molecule is C#CCN(c1ncc(NC(=O)OC(C)(C)C)c2ccccc12)[C@@H](C)CC(=O)OC. The maximum Gasteiger partial charge on any atom is 0.412 e. The largest absolute Gasteiger partial charge is 0.469 e. The molecule has 7 heteroatoms. The van der Waals surface area contributed by atoms with E-state index in [9.17, 15) is 9.59 Å². The van der Waals surface area contributed by atoms with Crippen LogP contribution in [0, 0.1) is 12.3 Å². The average molecular weight is 397 g/mol. The van der Waals surface area contributed by atoms with Gasteiger partial charge in [-0.25, -0.2) is 9.78 Å². The molecule has 0 radical (unpaired) electrons. The molecule has 2 rings (SSSR count). The number of terminal acetylenes is 1. The number of benzene rings is 1. The van der Waals surface area contributed by atoms with Crippen molar-refractivity contribution in [1.82, 2.24) is 4.98 Å². The summed E-state index contributed by atoms with van der Waals surface area (Å²) in [5.41, 5.74) is -0.0833. The molecule has 29 heavy (non-hydrogen) atoms. The molecule has 7 nitrogen and oxygen atoms in total. The average Bonchev–Trinajstić information content (AvgIpc) is 2.65. The molecule has 0 aliphatic rings. The molecule has 0 saturated heterocycles. The second-order valence-electron chi connectivity index (χ2n) is 7.63. The van der Waals surface area contributed by atoms with E-state index in [2.05, 4.69) is 16.2 Å². The first-order valence-corrected chi connectivity index (χ1v) is 9.31. The third-order valence-electron chi connectivity index (χ3n) is 4.17. The number of methoxy groups -OCH3 is 1. The highest BCUT2D eigenvalue weighted by Gasteiger charge is 2.22. The van der Waals surface area contributed by atoms with Crippen molar-refractivity contribution in [3.05, 3.63) is 30.5 Å². The van der Waals surface area contributed by atoms with Crippen LogP contribution in [0.4, 0.5) is 16.3 Å². The lowest BCUT2D eigenvalue weighted by Gasteiger charge is -2.29. The van der Waals surface area contributed by atoms with Gasteiger partial charge in [-0.05, 0) is 27.7 Å². The normalized spacial score (nSPS) is 12.0. The Morgan fingerprint density at radius 2 is 1.93 bits per heavy atom. The Morgan fingerprint density at radius 3 is 2.52 bits per heavy atom. The fraction of sp³-hybridized carbons (Fsp3) is 0.409. The zero-order valence-corrected chi connectivity index (χ0v) is 17.5. The first-order valence-electron chi connectivity index (χ1n) is 9.31. The van der Waals surface area contributed by atoms with Gasteiger partial charge in [0.15, 0.2) is 0 Å². The fourth-order valence-corrected chi connectivity index (χ4v) is 2.89. The fourth-order valence-electron chi connectivity index (χ4n) is 2.89. The summed E-state index contributed by atoms with van der Waals surface area (Å²) in [6.45, 7) is 7.55. The van der Waals surface area contributed by atoms with Gasteiger partial charge >= 0.3 is 12.1 Å². The zero-order valence-electron chi connectivity index (χ0n) is 17.5. The lowest BCUT2D eigenvalue weighted by atomic mass is 10.1.